The van der Waals surface area contributed by atoms with Gasteiger partial charge in [-0.1, -0.05) is 24.3 Å². The average molecular weight is 309 g/mol. The van der Waals surface area contributed by atoms with Crippen LogP contribution < -0.4 is 4.74 Å². The molecule has 3 rings (SSSR count). The lowest BCUT2D eigenvalue weighted by Crippen LogP contribution is -2.13. The molecule has 0 bridgehead atoms. The zero-order chi connectivity index (χ0) is 16.4. The predicted molar refractivity (Wildman–Crippen MR) is 86.0 cm³/mol. The summed E-state index contributed by atoms with van der Waals surface area (Å²) in [6.45, 7) is 1.41. The van der Waals surface area contributed by atoms with Crippen molar-refractivity contribution in [3.05, 3.63) is 65.9 Å². The van der Waals surface area contributed by atoms with Gasteiger partial charge in [-0.2, -0.15) is 0 Å². The molecule has 0 amide bonds. The fourth-order valence-electron chi connectivity index (χ4n) is 2.58. The molecule has 0 saturated carbocycles. The molecule has 0 aliphatic carbocycles. The molecular formula is C18H15NO4. The molecule has 5 nitrogen and oxygen atoms in total. The highest BCUT2D eigenvalue weighted by molar-refractivity contribution is 6.04. The molecule has 23 heavy (non-hydrogen) atoms. The molecule has 116 valence electrons. The minimum Gasteiger partial charge on any atom is -0.481 e. The molecule has 0 unspecified atom stereocenters. The van der Waals surface area contributed by atoms with E-state index in [0.29, 0.717) is 16.8 Å². The number of carboxylic acid groups (broad SMARTS) is 1. The van der Waals surface area contributed by atoms with Crippen LogP contribution in [0.25, 0.3) is 10.9 Å². The summed E-state index contributed by atoms with van der Waals surface area (Å²) >= 11 is 0. The van der Waals surface area contributed by atoms with Crippen molar-refractivity contribution in [2.45, 2.75) is 6.92 Å². The number of carbonyl (C=O) groups is 2. The minimum atomic E-state index is -1.04. The number of nitrogens with zero attached hydrogens (tertiary/aromatic N) is 1. The number of benzene rings is 2. The van der Waals surface area contributed by atoms with Crippen LogP contribution in [0.4, 0.5) is 0 Å². The van der Waals surface area contributed by atoms with Crippen molar-refractivity contribution in [3.63, 3.8) is 0 Å². The van der Waals surface area contributed by atoms with Crippen LogP contribution in [0.5, 0.6) is 5.75 Å². The average Bonchev–Trinajstić information content (AvgIpc) is 2.89. The van der Waals surface area contributed by atoms with Gasteiger partial charge in [0.25, 0.3) is 5.91 Å². The Morgan fingerprint density at radius 1 is 1.09 bits per heavy atom. The van der Waals surface area contributed by atoms with Crippen molar-refractivity contribution >= 4 is 22.8 Å². The zero-order valence-electron chi connectivity index (χ0n) is 12.5. The summed E-state index contributed by atoms with van der Waals surface area (Å²) in [4.78, 5) is 23.4. The van der Waals surface area contributed by atoms with Gasteiger partial charge in [0.2, 0.25) is 0 Å². The Balaban J connectivity index is 2.08. The van der Waals surface area contributed by atoms with E-state index in [2.05, 4.69) is 0 Å². The first-order chi connectivity index (χ1) is 11.1. The first-order valence-corrected chi connectivity index (χ1v) is 7.13. The van der Waals surface area contributed by atoms with E-state index in [1.165, 1.54) is 0 Å². The molecule has 3 aromatic rings. The highest BCUT2D eigenvalue weighted by Crippen LogP contribution is 2.29. The summed E-state index contributed by atoms with van der Waals surface area (Å²) in [5.74, 6) is -0.723. The third-order valence-electron chi connectivity index (χ3n) is 3.56. The monoisotopic (exact) mass is 309 g/mol. The summed E-state index contributed by atoms with van der Waals surface area (Å²) in [7, 11) is 0. The molecule has 0 radical (unpaired) electrons. The molecule has 0 fully saturated rings. The quantitative estimate of drug-likeness (QED) is 0.804. The second-order valence-electron chi connectivity index (χ2n) is 5.16. The van der Waals surface area contributed by atoms with E-state index < -0.39 is 12.6 Å². The van der Waals surface area contributed by atoms with Crippen molar-refractivity contribution in [2.24, 2.45) is 0 Å². The van der Waals surface area contributed by atoms with Gasteiger partial charge in [0.15, 0.2) is 6.61 Å². The fraction of sp³-hybridized carbons (Fsp3) is 0.111. The Labute approximate surface area is 132 Å². The van der Waals surface area contributed by atoms with Crippen LogP contribution in [0, 0.1) is 6.92 Å². The van der Waals surface area contributed by atoms with Gasteiger partial charge in [0, 0.05) is 16.6 Å². The van der Waals surface area contributed by atoms with Crippen LogP contribution in [-0.4, -0.2) is 28.2 Å². The number of ether oxygens (including phenoxy) is 1. The van der Waals surface area contributed by atoms with Gasteiger partial charge < -0.3 is 9.84 Å². The molecule has 5 heteroatoms. The Kier molecular flexibility index (Phi) is 3.85. The van der Waals surface area contributed by atoms with Crippen molar-refractivity contribution in [3.8, 4) is 5.75 Å². The van der Waals surface area contributed by atoms with Crippen LogP contribution in [-0.2, 0) is 4.79 Å². The normalized spacial score (nSPS) is 10.7. The third-order valence-corrected chi connectivity index (χ3v) is 3.56. The maximum Gasteiger partial charge on any atom is 0.341 e. The molecule has 0 atom stereocenters. The Bertz CT molecular complexity index is 881. The van der Waals surface area contributed by atoms with Gasteiger partial charge in [0.1, 0.15) is 5.75 Å². The second kappa shape index (κ2) is 5.96. The molecule has 0 spiro atoms. The van der Waals surface area contributed by atoms with Gasteiger partial charge in [-0.05, 0) is 37.3 Å². The summed E-state index contributed by atoms with van der Waals surface area (Å²) < 4.78 is 6.92. The minimum absolute atomic E-state index is 0.131. The first-order valence-electron chi connectivity index (χ1n) is 7.13. The standard InChI is InChI=1S/C18H15NO4/c1-12-10-14-15(8-5-9-16(14)23-11-17(20)21)19(12)18(22)13-6-3-2-4-7-13/h2-10H,11H2,1H3,(H,20,21). The zero-order valence-corrected chi connectivity index (χ0v) is 12.5. The molecule has 2 aromatic carbocycles. The number of fused-ring (bicyclic) bond motifs is 1. The summed E-state index contributed by atoms with van der Waals surface area (Å²) in [6.07, 6.45) is 0. The van der Waals surface area contributed by atoms with Crippen molar-refractivity contribution < 1.29 is 19.4 Å². The molecular weight excluding hydrogens is 294 g/mol. The van der Waals surface area contributed by atoms with E-state index in [1.54, 1.807) is 28.8 Å². The SMILES string of the molecule is Cc1cc2c(OCC(=O)O)cccc2n1C(=O)c1ccccc1. The maximum atomic E-state index is 12.7. The third kappa shape index (κ3) is 2.81. The molecule has 0 aliphatic heterocycles. The van der Waals surface area contributed by atoms with Crippen molar-refractivity contribution in [1.29, 1.82) is 0 Å². The summed E-state index contributed by atoms with van der Waals surface area (Å²) in [6, 6.07) is 16.1. The number of aryl methyl sites for hydroxylation is 1. The topological polar surface area (TPSA) is 68.5 Å². The summed E-state index contributed by atoms with van der Waals surface area (Å²) in [5.41, 5.74) is 2.05. The Hall–Kier alpha value is -3.08. The van der Waals surface area contributed by atoms with Crippen LogP contribution in [0.3, 0.4) is 0 Å². The molecule has 0 aliphatic rings. The second-order valence-corrected chi connectivity index (χ2v) is 5.16. The van der Waals surface area contributed by atoms with Crippen LogP contribution in [0.1, 0.15) is 16.1 Å². The number of carboxylic acids is 1. The van der Waals surface area contributed by atoms with E-state index in [4.69, 9.17) is 9.84 Å². The van der Waals surface area contributed by atoms with E-state index in [9.17, 15) is 9.59 Å². The maximum absolute atomic E-state index is 12.7. The lowest BCUT2D eigenvalue weighted by Gasteiger charge is -2.08. The van der Waals surface area contributed by atoms with Gasteiger partial charge in [-0.3, -0.25) is 9.36 Å². The molecule has 1 N–H and O–H groups in total. The lowest BCUT2D eigenvalue weighted by molar-refractivity contribution is -0.139. The van der Waals surface area contributed by atoms with E-state index in [0.717, 1.165) is 11.1 Å². The van der Waals surface area contributed by atoms with Crippen LogP contribution in [0.15, 0.2) is 54.6 Å². The van der Waals surface area contributed by atoms with Gasteiger partial charge >= 0.3 is 5.97 Å². The largest absolute Gasteiger partial charge is 0.481 e. The van der Waals surface area contributed by atoms with Gasteiger partial charge in [-0.15, -0.1) is 0 Å². The van der Waals surface area contributed by atoms with Crippen LogP contribution >= 0.6 is 0 Å². The number of aliphatic carboxylic acids is 1. The Morgan fingerprint density at radius 2 is 1.83 bits per heavy atom. The van der Waals surface area contributed by atoms with E-state index >= 15 is 0 Å². The summed E-state index contributed by atoms with van der Waals surface area (Å²) in [5, 5.41) is 9.48. The van der Waals surface area contributed by atoms with E-state index in [-0.39, 0.29) is 5.91 Å². The smallest absolute Gasteiger partial charge is 0.341 e. The number of hydrogen-bond acceptors (Lipinski definition) is 3. The predicted octanol–water partition coefficient (Wildman–Crippen LogP) is 3.10. The number of aromatic nitrogens is 1. The number of carbonyl (C=O) groups excluding carboxylic acids is 1. The Morgan fingerprint density at radius 3 is 2.52 bits per heavy atom. The van der Waals surface area contributed by atoms with Crippen molar-refractivity contribution in [1.82, 2.24) is 4.57 Å². The molecule has 1 heterocycles. The first kappa shape index (κ1) is 14.8. The van der Waals surface area contributed by atoms with Crippen molar-refractivity contribution in [2.75, 3.05) is 6.61 Å². The number of hydrogen-bond donors (Lipinski definition) is 1. The van der Waals surface area contributed by atoms with E-state index in [1.807, 2.05) is 37.3 Å². The highest BCUT2D eigenvalue weighted by atomic mass is 16.5. The fourth-order valence-corrected chi connectivity index (χ4v) is 2.58. The van der Waals surface area contributed by atoms with Crippen LogP contribution in [0.2, 0.25) is 0 Å². The highest BCUT2D eigenvalue weighted by Gasteiger charge is 2.16. The molecule has 1 aromatic heterocycles. The molecule has 0 saturated heterocycles. The number of rotatable bonds is 4. The lowest BCUT2D eigenvalue weighted by atomic mass is 10.2. The van der Waals surface area contributed by atoms with Gasteiger partial charge in [0.05, 0.1) is 5.52 Å². The van der Waals surface area contributed by atoms with Gasteiger partial charge in [-0.25, -0.2) is 4.79 Å².